The molecule has 0 atom stereocenters. The summed E-state index contributed by atoms with van der Waals surface area (Å²) in [7, 11) is 0. The van der Waals surface area contributed by atoms with Crippen molar-refractivity contribution in [3.05, 3.63) is 52.9 Å². The molecule has 4 rings (SSSR count). The van der Waals surface area contributed by atoms with E-state index < -0.39 is 0 Å². The van der Waals surface area contributed by atoms with Crippen LogP contribution in [0.5, 0.6) is 0 Å². The lowest BCUT2D eigenvalue weighted by Gasteiger charge is -2.00. The molecule has 20 heavy (non-hydrogen) atoms. The topological polar surface area (TPSA) is 30.2 Å². The van der Waals surface area contributed by atoms with Crippen LogP contribution in [0.2, 0.25) is 10.0 Å². The number of thiazole rings is 1. The second-order valence-electron chi connectivity index (χ2n) is 4.35. The van der Waals surface area contributed by atoms with Crippen LogP contribution in [0.1, 0.15) is 0 Å². The molecule has 4 aromatic rings. The Hall–Kier alpha value is -1.62. The summed E-state index contributed by atoms with van der Waals surface area (Å²) in [5.74, 6) is 0. The molecule has 1 aromatic carbocycles. The van der Waals surface area contributed by atoms with E-state index in [0.29, 0.717) is 10.0 Å². The molecular weight excluding hydrogens is 313 g/mol. The van der Waals surface area contributed by atoms with Crippen LogP contribution in [0, 0.1) is 0 Å². The normalized spacial score (nSPS) is 11.5. The molecule has 0 spiro atoms. The van der Waals surface area contributed by atoms with Crippen molar-refractivity contribution in [3.63, 3.8) is 0 Å². The molecule has 0 aliphatic rings. The van der Waals surface area contributed by atoms with E-state index in [1.54, 1.807) is 23.6 Å². The Morgan fingerprint density at radius 3 is 2.90 bits per heavy atom. The third-order valence-corrected chi connectivity index (χ3v) is 4.66. The highest BCUT2D eigenvalue weighted by atomic mass is 35.5. The number of fused-ring (bicyclic) bond motifs is 3. The lowest BCUT2D eigenvalue weighted by molar-refractivity contribution is 1.28. The van der Waals surface area contributed by atoms with Gasteiger partial charge in [-0.2, -0.15) is 0 Å². The van der Waals surface area contributed by atoms with Gasteiger partial charge in [-0.15, -0.1) is 0 Å². The number of pyridine rings is 1. The fourth-order valence-corrected chi connectivity index (χ4v) is 3.66. The molecule has 0 fully saturated rings. The highest BCUT2D eigenvalue weighted by Crippen LogP contribution is 2.33. The number of imidazole rings is 1. The van der Waals surface area contributed by atoms with Gasteiger partial charge in [0.2, 0.25) is 0 Å². The summed E-state index contributed by atoms with van der Waals surface area (Å²) in [6, 6.07) is 7.42. The Bertz CT molecular complexity index is 942. The largest absolute Gasteiger partial charge is 0.290 e. The van der Waals surface area contributed by atoms with Gasteiger partial charge in [0.15, 0.2) is 4.96 Å². The minimum absolute atomic E-state index is 0.606. The van der Waals surface area contributed by atoms with E-state index in [-0.39, 0.29) is 0 Å². The maximum absolute atomic E-state index is 6.24. The summed E-state index contributed by atoms with van der Waals surface area (Å²) in [5, 5.41) is 1.23. The van der Waals surface area contributed by atoms with Gasteiger partial charge in [0.1, 0.15) is 0 Å². The number of hydrogen-bond donors (Lipinski definition) is 0. The van der Waals surface area contributed by atoms with Crippen molar-refractivity contribution in [2.24, 2.45) is 0 Å². The summed E-state index contributed by atoms with van der Waals surface area (Å²) < 4.78 is 3.17. The van der Waals surface area contributed by atoms with E-state index in [0.717, 1.165) is 26.4 Å². The highest BCUT2D eigenvalue weighted by molar-refractivity contribution is 7.23. The number of hydrogen-bond acceptors (Lipinski definition) is 3. The Morgan fingerprint density at radius 1 is 1.15 bits per heavy atom. The van der Waals surface area contributed by atoms with Gasteiger partial charge >= 0.3 is 0 Å². The van der Waals surface area contributed by atoms with Crippen molar-refractivity contribution >= 4 is 49.7 Å². The molecule has 3 nitrogen and oxygen atoms in total. The molecular formula is C14H7Cl2N3S. The molecule has 0 N–H and O–H groups in total. The average Bonchev–Trinajstić information content (AvgIpc) is 2.96. The summed E-state index contributed by atoms with van der Waals surface area (Å²) in [5.41, 5.74) is 2.83. The average molecular weight is 320 g/mol. The maximum atomic E-state index is 6.24. The summed E-state index contributed by atoms with van der Waals surface area (Å²) in [6.45, 7) is 0. The predicted octanol–water partition coefficient (Wildman–Crippen LogP) is 4.92. The minimum Gasteiger partial charge on any atom is -0.290 e. The van der Waals surface area contributed by atoms with Crippen LogP contribution in [0.15, 0.2) is 42.9 Å². The molecule has 0 aliphatic heterocycles. The van der Waals surface area contributed by atoms with Gasteiger partial charge < -0.3 is 0 Å². The van der Waals surface area contributed by atoms with Crippen molar-refractivity contribution < 1.29 is 0 Å². The quantitative estimate of drug-likeness (QED) is 0.498. The minimum atomic E-state index is 0.606. The van der Waals surface area contributed by atoms with Crippen LogP contribution in [-0.4, -0.2) is 14.4 Å². The van der Waals surface area contributed by atoms with Gasteiger partial charge in [-0.1, -0.05) is 34.5 Å². The molecule has 0 radical (unpaired) electrons. The zero-order chi connectivity index (χ0) is 13.7. The Balaban J connectivity index is 1.97. The molecule has 0 bridgehead atoms. The van der Waals surface area contributed by atoms with E-state index in [9.17, 15) is 0 Å². The summed E-state index contributed by atoms with van der Waals surface area (Å²) >= 11 is 13.8. The van der Waals surface area contributed by atoms with Crippen molar-refractivity contribution in [1.82, 2.24) is 14.4 Å². The number of aromatic nitrogens is 3. The first kappa shape index (κ1) is 12.1. The standard InChI is InChI=1S/C14H7Cl2N3S/c15-8-1-2-9(10(16)5-8)11-7-19-12-3-4-17-6-13(12)20-14(19)18-11/h1-7H. The Kier molecular flexibility index (Phi) is 2.70. The van der Waals surface area contributed by atoms with E-state index >= 15 is 0 Å². The van der Waals surface area contributed by atoms with Crippen LogP contribution in [0.25, 0.3) is 26.4 Å². The molecule has 0 saturated carbocycles. The lowest BCUT2D eigenvalue weighted by Crippen LogP contribution is -1.80. The first-order valence-electron chi connectivity index (χ1n) is 5.89. The molecule has 3 heterocycles. The van der Waals surface area contributed by atoms with Gasteiger partial charge in [-0.3, -0.25) is 9.38 Å². The fourth-order valence-electron chi connectivity index (χ4n) is 2.18. The molecule has 98 valence electrons. The van der Waals surface area contributed by atoms with Crippen molar-refractivity contribution in [2.45, 2.75) is 0 Å². The third-order valence-electron chi connectivity index (χ3n) is 3.10. The fraction of sp³-hybridized carbons (Fsp3) is 0. The first-order chi connectivity index (χ1) is 9.72. The lowest BCUT2D eigenvalue weighted by atomic mass is 10.2. The van der Waals surface area contributed by atoms with Gasteiger partial charge in [-0.25, -0.2) is 4.98 Å². The van der Waals surface area contributed by atoms with Gasteiger partial charge in [0, 0.05) is 29.2 Å². The van der Waals surface area contributed by atoms with Gasteiger partial charge in [0.25, 0.3) is 0 Å². The number of halogens is 2. The summed E-state index contributed by atoms with van der Waals surface area (Å²) in [6.07, 6.45) is 5.62. The van der Waals surface area contributed by atoms with Crippen LogP contribution in [0.3, 0.4) is 0 Å². The predicted molar refractivity (Wildman–Crippen MR) is 83.8 cm³/mol. The number of benzene rings is 1. The summed E-state index contributed by atoms with van der Waals surface area (Å²) in [4.78, 5) is 9.69. The molecule has 6 heteroatoms. The van der Waals surface area contributed by atoms with Crippen molar-refractivity contribution in [2.75, 3.05) is 0 Å². The SMILES string of the molecule is Clc1ccc(-c2cn3c(n2)sc2cnccc23)c(Cl)c1. The monoisotopic (exact) mass is 319 g/mol. The van der Waals surface area contributed by atoms with E-state index in [4.69, 9.17) is 23.2 Å². The molecule has 0 amide bonds. The first-order valence-corrected chi connectivity index (χ1v) is 7.47. The zero-order valence-electron chi connectivity index (χ0n) is 10.0. The molecule has 0 unspecified atom stereocenters. The maximum Gasteiger partial charge on any atom is 0.195 e. The Labute approximate surface area is 128 Å². The molecule has 0 saturated heterocycles. The molecule has 3 aromatic heterocycles. The van der Waals surface area contributed by atoms with Gasteiger partial charge in [0.05, 0.1) is 20.9 Å². The highest BCUT2D eigenvalue weighted by Gasteiger charge is 2.12. The van der Waals surface area contributed by atoms with Crippen LogP contribution in [0.4, 0.5) is 0 Å². The molecule has 0 aliphatic carbocycles. The van der Waals surface area contributed by atoms with Crippen LogP contribution >= 0.6 is 34.5 Å². The Morgan fingerprint density at radius 2 is 2.05 bits per heavy atom. The van der Waals surface area contributed by atoms with Crippen molar-refractivity contribution in [1.29, 1.82) is 0 Å². The van der Waals surface area contributed by atoms with Crippen molar-refractivity contribution in [3.8, 4) is 11.3 Å². The van der Waals surface area contributed by atoms with Crippen LogP contribution in [-0.2, 0) is 0 Å². The van der Waals surface area contributed by atoms with E-state index in [1.807, 2.05) is 30.6 Å². The van der Waals surface area contributed by atoms with E-state index in [2.05, 4.69) is 14.4 Å². The van der Waals surface area contributed by atoms with Gasteiger partial charge in [-0.05, 0) is 24.3 Å². The van der Waals surface area contributed by atoms with Crippen LogP contribution < -0.4 is 0 Å². The zero-order valence-corrected chi connectivity index (χ0v) is 12.4. The third kappa shape index (κ3) is 1.80. The van der Waals surface area contributed by atoms with E-state index in [1.165, 1.54) is 0 Å². The number of rotatable bonds is 1. The number of nitrogens with zero attached hydrogens (tertiary/aromatic N) is 3. The smallest absolute Gasteiger partial charge is 0.195 e. The second-order valence-corrected chi connectivity index (χ2v) is 6.20. The second kappa shape index (κ2) is 4.45.